The molecule has 0 spiro atoms. The molecule has 0 aliphatic heterocycles. The molecule has 3 N–H and O–H groups in total. The van der Waals surface area contributed by atoms with Crippen molar-refractivity contribution in [2.24, 2.45) is 0 Å². The zero-order valence-corrected chi connectivity index (χ0v) is 12.8. The molecule has 2 aromatic carbocycles. The predicted octanol–water partition coefficient (Wildman–Crippen LogP) is 1.92. The van der Waals surface area contributed by atoms with Gasteiger partial charge in [-0.15, -0.1) is 0 Å². The van der Waals surface area contributed by atoms with Crippen LogP contribution in [0.4, 0.5) is 0 Å². The zero-order chi connectivity index (χ0) is 15.8. The van der Waals surface area contributed by atoms with Crippen LogP contribution in [0.2, 0.25) is 0 Å². The molecule has 0 unspecified atom stereocenters. The first-order valence-electron chi connectivity index (χ1n) is 7.44. The Kier molecular flexibility index (Phi) is 6.40. The maximum Gasteiger partial charge on any atom is 0.118 e. The van der Waals surface area contributed by atoms with Gasteiger partial charge >= 0.3 is 0 Å². The van der Waals surface area contributed by atoms with Crippen LogP contribution in [0.3, 0.4) is 0 Å². The first kappa shape index (κ1) is 16.5. The highest BCUT2D eigenvalue weighted by Crippen LogP contribution is 2.17. The zero-order valence-electron chi connectivity index (χ0n) is 12.8. The molecule has 2 atom stereocenters. The molecule has 0 fully saturated rings. The summed E-state index contributed by atoms with van der Waals surface area (Å²) in [5.41, 5.74) is 2.16. The predicted molar refractivity (Wildman–Crippen MR) is 87.0 cm³/mol. The number of benzene rings is 2. The van der Waals surface area contributed by atoms with E-state index in [1.54, 1.807) is 7.11 Å². The summed E-state index contributed by atoms with van der Waals surface area (Å²) < 4.78 is 5.14. The van der Waals surface area contributed by atoms with Gasteiger partial charge in [0.25, 0.3) is 0 Å². The minimum atomic E-state index is -0.821. The van der Waals surface area contributed by atoms with E-state index in [0.29, 0.717) is 6.54 Å². The number of aliphatic hydroxyl groups is 2. The van der Waals surface area contributed by atoms with Gasteiger partial charge < -0.3 is 20.3 Å². The van der Waals surface area contributed by atoms with Crippen molar-refractivity contribution in [3.63, 3.8) is 0 Å². The van der Waals surface area contributed by atoms with E-state index in [1.165, 1.54) is 5.56 Å². The maximum atomic E-state index is 10.0. The summed E-state index contributed by atoms with van der Waals surface area (Å²) in [6, 6.07) is 17.3. The number of rotatable bonds is 8. The van der Waals surface area contributed by atoms with Gasteiger partial charge in [-0.1, -0.05) is 42.5 Å². The minimum absolute atomic E-state index is 0.269. The number of hydrogen-bond donors (Lipinski definition) is 3. The molecular weight excluding hydrogens is 278 g/mol. The molecule has 0 bridgehead atoms. The topological polar surface area (TPSA) is 61.7 Å². The van der Waals surface area contributed by atoms with Crippen molar-refractivity contribution in [1.29, 1.82) is 0 Å². The van der Waals surface area contributed by atoms with E-state index in [1.807, 2.05) is 54.6 Å². The Morgan fingerprint density at radius 1 is 1.05 bits per heavy atom. The summed E-state index contributed by atoms with van der Waals surface area (Å²) in [6.45, 7) is 0.443. The van der Waals surface area contributed by atoms with E-state index in [0.717, 1.165) is 17.7 Å². The molecule has 0 amide bonds. The Balaban J connectivity index is 1.93. The van der Waals surface area contributed by atoms with Crippen molar-refractivity contribution in [3.8, 4) is 5.75 Å². The molecule has 0 saturated carbocycles. The second-order valence-electron chi connectivity index (χ2n) is 5.19. The van der Waals surface area contributed by atoms with Gasteiger partial charge in [-0.2, -0.15) is 0 Å². The summed E-state index contributed by atoms with van der Waals surface area (Å²) >= 11 is 0. The fourth-order valence-corrected chi connectivity index (χ4v) is 2.41. The van der Waals surface area contributed by atoms with Crippen molar-refractivity contribution in [2.75, 3.05) is 20.3 Å². The number of hydrogen-bond acceptors (Lipinski definition) is 4. The van der Waals surface area contributed by atoms with Crippen molar-refractivity contribution in [1.82, 2.24) is 5.32 Å². The van der Waals surface area contributed by atoms with Crippen LogP contribution in [0.5, 0.6) is 5.75 Å². The van der Waals surface area contributed by atoms with Gasteiger partial charge in [0.2, 0.25) is 0 Å². The molecule has 0 aliphatic rings. The number of ether oxygens (including phenoxy) is 1. The van der Waals surface area contributed by atoms with Gasteiger partial charge in [-0.05, 0) is 36.2 Å². The van der Waals surface area contributed by atoms with Crippen molar-refractivity contribution in [2.45, 2.75) is 18.6 Å². The van der Waals surface area contributed by atoms with Crippen LogP contribution < -0.4 is 10.1 Å². The van der Waals surface area contributed by atoms with Gasteiger partial charge in [-0.25, -0.2) is 0 Å². The molecular formula is C18H23NO3. The molecule has 0 radical (unpaired) electrons. The lowest BCUT2D eigenvalue weighted by atomic mass is 10.0. The summed E-state index contributed by atoms with van der Waals surface area (Å²) in [4.78, 5) is 0. The normalized spacial score (nSPS) is 13.6. The molecule has 0 aromatic heterocycles. The van der Waals surface area contributed by atoms with Crippen molar-refractivity contribution < 1.29 is 14.9 Å². The monoisotopic (exact) mass is 301 g/mol. The van der Waals surface area contributed by atoms with Gasteiger partial charge in [-0.3, -0.25) is 0 Å². The SMILES string of the molecule is COc1ccc(CCN[C@H](c2ccccc2)[C@@H](O)CO)cc1. The molecule has 0 heterocycles. The third-order valence-electron chi connectivity index (χ3n) is 3.67. The number of methoxy groups -OCH3 is 1. The van der Waals surface area contributed by atoms with E-state index >= 15 is 0 Å². The van der Waals surface area contributed by atoms with Crippen LogP contribution >= 0.6 is 0 Å². The lowest BCUT2D eigenvalue weighted by Crippen LogP contribution is -2.35. The molecule has 118 valence electrons. The first-order chi connectivity index (χ1) is 10.7. The molecule has 22 heavy (non-hydrogen) atoms. The molecule has 2 rings (SSSR count). The second-order valence-corrected chi connectivity index (χ2v) is 5.19. The van der Waals surface area contributed by atoms with E-state index in [4.69, 9.17) is 4.74 Å². The van der Waals surface area contributed by atoms with Crippen LogP contribution in [-0.4, -0.2) is 36.6 Å². The van der Waals surface area contributed by atoms with Crippen LogP contribution in [0.25, 0.3) is 0 Å². The Morgan fingerprint density at radius 3 is 2.32 bits per heavy atom. The quantitative estimate of drug-likeness (QED) is 0.697. The highest BCUT2D eigenvalue weighted by molar-refractivity contribution is 5.27. The molecule has 0 aliphatic carbocycles. The highest BCUT2D eigenvalue weighted by atomic mass is 16.5. The van der Waals surface area contributed by atoms with Crippen LogP contribution in [0.1, 0.15) is 17.2 Å². The summed E-state index contributed by atoms with van der Waals surface area (Å²) in [7, 11) is 1.65. The number of nitrogens with one attached hydrogen (secondary N) is 1. The summed E-state index contributed by atoms with van der Waals surface area (Å²) in [5, 5.41) is 22.6. The molecule has 4 nitrogen and oxygen atoms in total. The van der Waals surface area contributed by atoms with E-state index in [2.05, 4.69) is 5.32 Å². The van der Waals surface area contributed by atoms with Crippen LogP contribution in [-0.2, 0) is 6.42 Å². The largest absolute Gasteiger partial charge is 0.497 e. The average molecular weight is 301 g/mol. The lowest BCUT2D eigenvalue weighted by molar-refractivity contribution is 0.0626. The maximum absolute atomic E-state index is 10.0. The van der Waals surface area contributed by atoms with Gasteiger partial charge in [0.15, 0.2) is 0 Å². The van der Waals surface area contributed by atoms with E-state index in [-0.39, 0.29) is 12.6 Å². The summed E-state index contributed by atoms with van der Waals surface area (Å²) in [6.07, 6.45) is 0.0177. The average Bonchev–Trinajstić information content (AvgIpc) is 2.59. The lowest BCUT2D eigenvalue weighted by Gasteiger charge is -2.23. The Morgan fingerprint density at radius 2 is 1.73 bits per heavy atom. The summed E-state index contributed by atoms with van der Waals surface area (Å²) in [5.74, 6) is 0.842. The fourth-order valence-electron chi connectivity index (χ4n) is 2.41. The fraction of sp³-hybridized carbons (Fsp3) is 0.333. The second kappa shape index (κ2) is 8.54. The highest BCUT2D eigenvalue weighted by Gasteiger charge is 2.19. The van der Waals surface area contributed by atoms with Crippen molar-refractivity contribution in [3.05, 3.63) is 65.7 Å². The Bertz CT molecular complexity index is 542. The molecule has 4 heteroatoms. The number of aliphatic hydroxyl groups excluding tert-OH is 2. The smallest absolute Gasteiger partial charge is 0.118 e. The van der Waals surface area contributed by atoms with E-state index in [9.17, 15) is 10.2 Å². The van der Waals surface area contributed by atoms with E-state index < -0.39 is 6.10 Å². The minimum Gasteiger partial charge on any atom is -0.497 e. The van der Waals surface area contributed by atoms with Gasteiger partial charge in [0.1, 0.15) is 5.75 Å². The Labute approximate surface area is 131 Å². The van der Waals surface area contributed by atoms with Gasteiger partial charge in [0.05, 0.1) is 25.9 Å². The first-order valence-corrected chi connectivity index (χ1v) is 7.44. The van der Waals surface area contributed by atoms with Crippen LogP contribution in [0, 0.1) is 0 Å². The Hall–Kier alpha value is -1.88. The standard InChI is InChI=1S/C18H23NO3/c1-22-16-9-7-14(8-10-16)11-12-19-18(17(21)13-20)15-5-3-2-4-6-15/h2-10,17-21H,11-13H2,1H3/t17-,18+/m0/s1. The third-order valence-corrected chi connectivity index (χ3v) is 3.67. The van der Waals surface area contributed by atoms with Gasteiger partial charge in [0, 0.05) is 0 Å². The van der Waals surface area contributed by atoms with Crippen molar-refractivity contribution >= 4 is 0 Å². The third kappa shape index (κ3) is 4.56. The van der Waals surface area contributed by atoms with Crippen LogP contribution in [0.15, 0.2) is 54.6 Å². The molecule has 2 aromatic rings. The molecule has 0 saturated heterocycles.